The highest BCUT2D eigenvalue weighted by atomic mass is 35.5. The highest BCUT2D eigenvalue weighted by Crippen LogP contribution is 2.28. The first-order chi connectivity index (χ1) is 9.04. The van der Waals surface area contributed by atoms with Gasteiger partial charge in [0, 0.05) is 23.7 Å². The molecule has 2 unspecified atom stereocenters. The maximum Gasteiger partial charge on any atom is 0.258 e. The van der Waals surface area contributed by atoms with Gasteiger partial charge in [0.05, 0.1) is 5.56 Å². The Balaban J connectivity index is 2.30. The van der Waals surface area contributed by atoms with Crippen molar-refractivity contribution in [2.75, 3.05) is 6.54 Å². The number of carbonyl (C=O) groups is 1. The predicted octanol–water partition coefficient (Wildman–Crippen LogP) is 2.39. The van der Waals surface area contributed by atoms with Gasteiger partial charge < -0.3 is 15.7 Å². The first kappa shape index (κ1) is 14.2. The molecule has 1 aromatic rings. The van der Waals surface area contributed by atoms with Crippen molar-refractivity contribution < 1.29 is 9.90 Å². The summed E-state index contributed by atoms with van der Waals surface area (Å²) in [7, 11) is 0. The molecule has 0 spiro atoms. The molecule has 1 amide bonds. The zero-order chi connectivity index (χ0) is 14.0. The minimum atomic E-state index is -0.170. The topological polar surface area (TPSA) is 66.6 Å². The van der Waals surface area contributed by atoms with Gasteiger partial charge >= 0.3 is 0 Å². The van der Waals surface area contributed by atoms with Crippen LogP contribution in [-0.4, -0.2) is 34.5 Å². The summed E-state index contributed by atoms with van der Waals surface area (Å²) in [5, 5.41) is 10.3. The van der Waals surface area contributed by atoms with Gasteiger partial charge in [0.15, 0.2) is 0 Å². The SMILES string of the molecule is CC1CCCC(CN)N1C(=O)c1ccc(Cl)cc1O. The highest BCUT2D eigenvalue weighted by Gasteiger charge is 2.32. The maximum absolute atomic E-state index is 12.6. The molecule has 1 aromatic carbocycles. The fourth-order valence-electron chi connectivity index (χ4n) is 2.71. The Bertz CT molecular complexity index is 479. The lowest BCUT2D eigenvalue weighted by Crippen LogP contribution is -2.51. The van der Waals surface area contributed by atoms with Gasteiger partial charge in [-0.2, -0.15) is 0 Å². The number of phenols is 1. The minimum absolute atomic E-state index is 0.0475. The third-order valence-electron chi connectivity index (χ3n) is 3.72. The maximum atomic E-state index is 12.6. The van der Waals surface area contributed by atoms with E-state index < -0.39 is 0 Å². The summed E-state index contributed by atoms with van der Waals surface area (Å²) < 4.78 is 0. The van der Waals surface area contributed by atoms with Gasteiger partial charge in [-0.1, -0.05) is 11.6 Å². The van der Waals surface area contributed by atoms with E-state index in [9.17, 15) is 9.90 Å². The van der Waals surface area contributed by atoms with E-state index >= 15 is 0 Å². The number of hydrogen-bond donors (Lipinski definition) is 2. The molecule has 1 aliphatic heterocycles. The zero-order valence-electron chi connectivity index (χ0n) is 11.0. The van der Waals surface area contributed by atoms with Gasteiger partial charge in [0.25, 0.3) is 5.91 Å². The Morgan fingerprint density at radius 1 is 1.53 bits per heavy atom. The molecule has 1 aliphatic rings. The van der Waals surface area contributed by atoms with E-state index in [2.05, 4.69) is 0 Å². The summed E-state index contributed by atoms with van der Waals surface area (Å²) in [5.41, 5.74) is 6.04. The summed E-state index contributed by atoms with van der Waals surface area (Å²) >= 11 is 5.79. The predicted molar refractivity (Wildman–Crippen MR) is 75.4 cm³/mol. The molecule has 1 heterocycles. The van der Waals surface area contributed by atoms with Crippen LogP contribution in [0.2, 0.25) is 5.02 Å². The van der Waals surface area contributed by atoms with Crippen LogP contribution in [0.25, 0.3) is 0 Å². The fraction of sp³-hybridized carbons (Fsp3) is 0.500. The van der Waals surface area contributed by atoms with Crippen molar-refractivity contribution in [3.8, 4) is 5.75 Å². The van der Waals surface area contributed by atoms with Crippen LogP contribution in [0.3, 0.4) is 0 Å². The normalized spacial score (nSPS) is 23.4. The van der Waals surface area contributed by atoms with Crippen molar-refractivity contribution in [3.05, 3.63) is 28.8 Å². The average Bonchev–Trinajstić information content (AvgIpc) is 2.37. The number of phenolic OH excluding ortho intramolecular Hbond substituents is 1. The summed E-state index contributed by atoms with van der Waals surface area (Å²) in [6, 6.07) is 4.76. The second-order valence-electron chi connectivity index (χ2n) is 5.04. The van der Waals surface area contributed by atoms with Gasteiger partial charge in [0.2, 0.25) is 0 Å². The Kier molecular flexibility index (Phi) is 4.32. The van der Waals surface area contributed by atoms with E-state index in [1.807, 2.05) is 6.92 Å². The molecule has 0 saturated carbocycles. The van der Waals surface area contributed by atoms with Crippen LogP contribution in [0.15, 0.2) is 18.2 Å². The van der Waals surface area contributed by atoms with E-state index in [1.165, 1.54) is 6.07 Å². The van der Waals surface area contributed by atoms with Crippen molar-refractivity contribution in [3.63, 3.8) is 0 Å². The molecular formula is C14H19ClN2O2. The Morgan fingerprint density at radius 2 is 2.26 bits per heavy atom. The molecule has 1 saturated heterocycles. The van der Waals surface area contributed by atoms with E-state index in [0.29, 0.717) is 11.6 Å². The van der Waals surface area contributed by atoms with Crippen LogP contribution in [0.5, 0.6) is 5.75 Å². The molecular weight excluding hydrogens is 264 g/mol. The number of amides is 1. The first-order valence-electron chi connectivity index (χ1n) is 6.56. The van der Waals surface area contributed by atoms with Crippen LogP contribution in [0.1, 0.15) is 36.5 Å². The highest BCUT2D eigenvalue weighted by molar-refractivity contribution is 6.30. The Hall–Kier alpha value is -1.26. The molecule has 5 heteroatoms. The molecule has 0 radical (unpaired) electrons. The summed E-state index contributed by atoms with van der Waals surface area (Å²) in [6.07, 6.45) is 2.97. The molecule has 0 bridgehead atoms. The molecule has 0 aliphatic carbocycles. The Labute approximate surface area is 118 Å². The van der Waals surface area contributed by atoms with Crippen molar-refractivity contribution in [1.29, 1.82) is 0 Å². The molecule has 3 N–H and O–H groups in total. The number of carbonyl (C=O) groups excluding carboxylic acids is 1. The molecule has 104 valence electrons. The summed E-state index contributed by atoms with van der Waals surface area (Å²) in [6.45, 7) is 2.47. The Morgan fingerprint density at radius 3 is 2.89 bits per heavy atom. The standard InChI is InChI=1S/C14H19ClN2O2/c1-9-3-2-4-11(8-16)17(9)14(19)12-6-5-10(15)7-13(12)18/h5-7,9,11,18H,2-4,8,16H2,1H3. The molecule has 1 fully saturated rings. The van der Waals surface area contributed by atoms with Crippen molar-refractivity contribution in [2.24, 2.45) is 5.73 Å². The first-order valence-corrected chi connectivity index (χ1v) is 6.93. The number of rotatable bonds is 2. The quantitative estimate of drug-likeness (QED) is 0.875. The van der Waals surface area contributed by atoms with Crippen molar-refractivity contribution in [2.45, 2.75) is 38.3 Å². The van der Waals surface area contributed by atoms with Gasteiger partial charge in [-0.25, -0.2) is 0 Å². The summed E-state index contributed by atoms with van der Waals surface area (Å²) in [4.78, 5) is 14.4. The molecule has 0 aromatic heterocycles. The third kappa shape index (κ3) is 2.85. The van der Waals surface area contributed by atoms with E-state index in [0.717, 1.165) is 19.3 Å². The van der Waals surface area contributed by atoms with Gasteiger partial charge in [-0.15, -0.1) is 0 Å². The minimum Gasteiger partial charge on any atom is -0.507 e. The number of hydrogen-bond acceptors (Lipinski definition) is 3. The second-order valence-corrected chi connectivity index (χ2v) is 5.48. The largest absolute Gasteiger partial charge is 0.507 e. The zero-order valence-corrected chi connectivity index (χ0v) is 11.7. The van der Waals surface area contributed by atoms with Crippen LogP contribution in [-0.2, 0) is 0 Å². The lowest BCUT2D eigenvalue weighted by molar-refractivity contribution is 0.0491. The number of nitrogens with zero attached hydrogens (tertiary/aromatic N) is 1. The van der Waals surface area contributed by atoms with Crippen molar-refractivity contribution in [1.82, 2.24) is 4.90 Å². The smallest absolute Gasteiger partial charge is 0.258 e. The second kappa shape index (κ2) is 5.80. The van der Waals surface area contributed by atoms with Crippen LogP contribution in [0, 0.1) is 0 Å². The van der Waals surface area contributed by atoms with Crippen LogP contribution in [0.4, 0.5) is 0 Å². The monoisotopic (exact) mass is 282 g/mol. The molecule has 2 rings (SSSR count). The molecule has 4 nitrogen and oxygen atoms in total. The number of halogens is 1. The van der Waals surface area contributed by atoms with Crippen LogP contribution >= 0.6 is 11.6 Å². The number of piperidine rings is 1. The molecule has 19 heavy (non-hydrogen) atoms. The van der Waals surface area contributed by atoms with Crippen molar-refractivity contribution >= 4 is 17.5 Å². The van der Waals surface area contributed by atoms with Crippen LogP contribution < -0.4 is 5.73 Å². The van der Waals surface area contributed by atoms with Gasteiger partial charge in [-0.3, -0.25) is 4.79 Å². The average molecular weight is 283 g/mol. The van der Waals surface area contributed by atoms with Gasteiger partial charge in [-0.05, 0) is 44.4 Å². The number of nitrogens with two attached hydrogens (primary N) is 1. The van der Waals surface area contributed by atoms with E-state index in [4.69, 9.17) is 17.3 Å². The summed E-state index contributed by atoms with van der Waals surface area (Å²) in [5.74, 6) is -0.247. The number of likely N-dealkylation sites (tertiary alicyclic amines) is 1. The van der Waals surface area contributed by atoms with E-state index in [1.54, 1.807) is 17.0 Å². The van der Waals surface area contributed by atoms with E-state index in [-0.39, 0.29) is 29.3 Å². The lowest BCUT2D eigenvalue weighted by atomic mass is 9.95. The third-order valence-corrected chi connectivity index (χ3v) is 3.96. The lowest BCUT2D eigenvalue weighted by Gasteiger charge is -2.40. The molecule has 2 atom stereocenters. The fourth-order valence-corrected chi connectivity index (χ4v) is 2.88. The number of aromatic hydroxyl groups is 1. The van der Waals surface area contributed by atoms with Gasteiger partial charge in [0.1, 0.15) is 5.75 Å². The number of benzene rings is 1.